The van der Waals surface area contributed by atoms with Crippen molar-refractivity contribution in [2.45, 2.75) is 46.0 Å². The SMILES string of the molecule is C.CC1(C)CN(c2ccccc2)c2c1c1c(c3ccccc23)C(c2c(Cl)c(C(=O)[O-])cc(Cl)c2C(=O)[O-])=c2c(c3c(c4ccccc24)=[N+](c2ccccc2)CC3(C)C)O1. The fraction of sp³-hybridized carbons (Fsp3) is 0.180. The first kappa shape index (κ1) is 38.4. The first-order chi connectivity index (χ1) is 27.8. The Hall–Kier alpha value is -6.15. The van der Waals surface area contributed by atoms with E-state index >= 15 is 0 Å². The van der Waals surface area contributed by atoms with Gasteiger partial charge in [0.25, 0.3) is 0 Å². The van der Waals surface area contributed by atoms with Crippen molar-refractivity contribution in [2.75, 3.05) is 18.0 Å². The van der Waals surface area contributed by atoms with Crippen LogP contribution >= 0.6 is 23.2 Å². The number of aromatic carboxylic acids is 2. The van der Waals surface area contributed by atoms with Crippen LogP contribution in [-0.4, -0.2) is 25.0 Å². The minimum Gasteiger partial charge on any atom is -0.545 e. The monoisotopic (exact) mass is 817 g/mol. The molecule has 0 unspecified atom stereocenters. The molecular formula is C50H39Cl2N2O5-. The van der Waals surface area contributed by atoms with Crippen LogP contribution in [0.25, 0.3) is 27.1 Å². The lowest BCUT2D eigenvalue weighted by Gasteiger charge is -2.32. The molecule has 0 amide bonds. The molecule has 0 radical (unpaired) electrons. The average molecular weight is 819 g/mol. The van der Waals surface area contributed by atoms with E-state index in [1.54, 1.807) is 0 Å². The lowest BCUT2D eigenvalue weighted by molar-refractivity contribution is -0.256. The van der Waals surface area contributed by atoms with Gasteiger partial charge in [0.05, 0.1) is 44.0 Å². The summed E-state index contributed by atoms with van der Waals surface area (Å²) in [6.07, 6.45) is 0. The summed E-state index contributed by atoms with van der Waals surface area (Å²) in [5.41, 5.74) is 3.92. The molecule has 0 aliphatic carbocycles. The lowest BCUT2D eigenvalue weighted by atomic mass is 9.77. The molecule has 294 valence electrons. The highest BCUT2D eigenvalue weighted by atomic mass is 35.5. The summed E-state index contributed by atoms with van der Waals surface area (Å²) >= 11 is 14.0. The maximum absolute atomic E-state index is 13.4. The summed E-state index contributed by atoms with van der Waals surface area (Å²) in [5.74, 6) is -2.11. The molecular weight excluding hydrogens is 779 g/mol. The average Bonchev–Trinajstić information content (AvgIpc) is 3.67. The minimum atomic E-state index is -1.60. The second kappa shape index (κ2) is 13.4. The second-order valence-corrected chi connectivity index (χ2v) is 17.4. The zero-order valence-corrected chi connectivity index (χ0v) is 33.6. The molecule has 9 heteroatoms. The minimum absolute atomic E-state index is 0. The van der Waals surface area contributed by atoms with E-state index in [2.05, 4.69) is 73.6 Å². The molecule has 3 aliphatic heterocycles. The molecule has 3 heterocycles. The van der Waals surface area contributed by atoms with Crippen molar-refractivity contribution < 1.29 is 24.5 Å². The van der Waals surface area contributed by atoms with Gasteiger partial charge in [-0.3, -0.25) is 0 Å². The van der Waals surface area contributed by atoms with Crippen molar-refractivity contribution in [1.82, 2.24) is 4.58 Å². The van der Waals surface area contributed by atoms with E-state index in [1.165, 1.54) is 0 Å². The molecule has 0 fully saturated rings. The summed E-state index contributed by atoms with van der Waals surface area (Å²) in [5, 5.41) is 30.4. The lowest BCUT2D eigenvalue weighted by Crippen LogP contribution is -2.33. The van der Waals surface area contributed by atoms with Crippen molar-refractivity contribution in [3.63, 3.8) is 0 Å². The highest BCUT2D eigenvalue weighted by Crippen LogP contribution is 2.58. The van der Waals surface area contributed by atoms with E-state index in [1.807, 2.05) is 72.8 Å². The van der Waals surface area contributed by atoms with E-state index < -0.39 is 33.9 Å². The molecule has 0 bridgehead atoms. The van der Waals surface area contributed by atoms with Gasteiger partial charge < -0.3 is 29.4 Å². The standard InChI is InChI=1S/C49H36Cl2N2O5.CH4/c1-48(2)24-52(26-15-7-5-8-16-26)42-30-21-13-11-19-28(30)34-37(38-36(47(56)57)33(50)23-32(41(38)51)46(54)55)35-29-20-12-14-22-31(29)43-40(45(35)58-44(34)39(42)48)49(3,4)25-53(43)27-17-9-6-10-18-27;/h5-23H,24-25H2,1-4H3,(H-,54,55,56,57);1H4/p-1. The predicted molar refractivity (Wildman–Crippen MR) is 232 cm³/mol. The van der Waals surface area contributed by atoms with Gasteiger partial charge in [-0.05, 0) is 48.9 Å². The number of halogens is 2. The van der Waals surface area contributed by atoms with Crippen molar-refractivity contribution in [2.24, 2.45) is 0 Å². The fourth-order valence-electron chi connectivity index (χ4n) is 9.76. The number of nitrogens with zero attached hydrogens (tertiary/aromatic N) is 2. The summed E-state index contributed by atoms with van der Waals surface area (Å²) < 4.78 is 9.89. The Bertz CT molecular complexity index is 3120. The Labute approximate surface area is 351 Å². The van der Waals surface area contributed by atoms with Gasteiger partial charge >= 0.3 is 0 Å². The molecule has 0 saturated carbocycles. The van der Waals surface area contributed by atoms with Gasteiger partial charge in [-0.2, -0.15) is 4.58 Å². The van der Waals surface area contributed by atoms with Crippen LogP contribution in [0.5, 0.6) is 11.5 Å². The molecule has 0 saturated heterocycles. The summed E-state index contributed by atoms with van der Waals surface area (Å²) in [6.45, 7) is 9.97. The highest BCUT2D eigenvalue weighted by Gasteiger charge is 2.48. The number of benzene rings is 7. The third-order valence-corrected chi connectivity index (χ3v) is 12.7. The van der Waals surface area contributed by atoms with Crippen LogP contribution in [-0.2, 0) is 10.8 Å². The van der Waals surface area contributed by atoms with Crippen molar-refractivity contribution >= 4 is 79.3 Å². The summed E-state index contributed by atoms with van der Waals surface area (Å²) in [6, 6.07) is 37.4. The number of ether oxygens (including phenoxy) is 1. The van der Waals surface area contributed by atoms with Gasteiger partial charge in [-0.1, -0.05) is 123 Å². The van der Waals surface area contributed by atoms with Crippen molar-refractivity contribution in [3.8, 4) is 11.5 Å². The van der Waals surface area contributed by atoms with Gasteiger partial charge in [0.1, 0.15) is 11.5 Å². The largest absolute Gasteiger partial charge is 0.545 e. The Morgan fingerprint density at radius 1 is 0.695 bits per heavy atom. The maximum Gasteiger partial charge on any atom is 0.221 e. The molecule has 3 aliphatic rings. The van der Waals surface area contributed by atoms with E-state index in [9.17, 15) is 19.8 Å². The predicted octanol–water partition coefficient (Wildman–Crippen LogP) is 8.56. The van der Waals surface area contributed by atoms with E-state index in [0.717, 1.165) is 61.2 Å². The topological polar surface area (TPSA) is 95.7 Å². The Kier molecular flexibility index (Phi) is 8.75. The van der Waals surface area contributed by atoms with Gasteiger partial charge in [0.15, 0.2) is 6.54 Å². The number of carbonyl (C=O) groups is 2. The Morgan fingerprint density at radius 2 is 1.29 bits per heavy atom. The smallest absolute Gasteiger partial charge is 0.221 e. The van der Waals surface area contributed by atoms with Crippen LogP contribution in [0, 0.1) is 0 Å². The summed E-state index contributed by atoms with van der Waals surface area (Å²) in [7, 11) is 0. The maximum atomic E-state index is 13.4. The van der Waals surface area contributed by atoms with Crippen LogP contribution in [0.3, 0.4) is 0 Å². The Morgan fingerprint density at radius 3 is 1.93 bits per heavy atom. The van der Waals surface area contributed by atoms with Crippen molar-refractivity contribution in [3.05, 3.63) is 169 Å². The molecule has 10 rings (SSSR count). The van der Waals surface area contributed by atoms with E-state index in [4.69, 9.17) is 27.9 Å². The molecule has 0 spiro atoms. The number of anilines is 2. The van der Waals surface area contributed by atoms with Crippen LogP contribution < -0.4 is 35.0 Å². The number of hydrogen-bond acceptors (Lipinski definition) is 6. The highest BCUT2D eigenvalue weighted by molar-refractivity contribution is 6.40. The molecule has 59 heavy (non-hydrogen) atoms. The van der Waals surface area contributed by atoms with E-state index in [-0.39, 0.29) is 23.0 Å². The van der Waals surface area contributed by atoms with Crippen LogP contribution in [0.2, 0.25) is 10.0 Å². The third-order valence-electron chi connectivity index (χ3n) is 12.0. The third kappa shape index (κ3) is 5.44. The van der Waals surface area contributed by atoms with Gasteiger partial charge in [0, 0.05) is 73.8 Å². The number of carboxylic acids is 2. The number of hydrogen-bond donors (Lipinski definition) is 0. The molecule has 0 N–H and O–H groups in total. The first-order valence-corrected chi connectivity index (χ1v) is 19.9. The van der Waals surface area contributed by atoms with Crippen LogP contribution in [0.15, 0.2) is 115 Å². The normalized spacial score (nSPS) is 15.6. The van der Waals surface area contributed by atoms with E-state index in [0.29, 0.717) is 40.9 Å². The summed E-state index contributed by atoms with van der Waals surface area (Å²) in [4.78, 5) is 28.5. The number of para-hydroxylation sites is 2. The number of fused-ring (bicyclic) bond motifs is 12. The second-order valence-electron chi connectivity index (χ2n) is 16.6. The Balaban J connectivity index is 0.00000449. The quantitative estimate of drug-likeness (QED) is 0.162. The number of carboxylic acid groups (broad SMARTS) is 2. The van der Waals surface area contributed by atoms with Gasteiger partial charge in [-0.25, -0.2) is 0 Å². The number of carbonyl (C=O) groups excluding carboxylic acids is 2. The number of rotatable bonds is 5. The zero-order chi connectivity index (χ0) is 40.4. The zero-order valence-electron chi connectivity index (χ0n) is 32.1. The van der Waals surface area contributed by atoms with Gasteiger partial charge in [-0.15, -0.1) is 0 Å². The molecule has 7 nitrogen and oxygen atoms in total. The van der Waals surface area contributed by atoms with Crippen LogP contribution in [0.4, 0.5) is 17.1 Å². The molecule has 7 aromatic rings. The van der Waals surface area contributed by atoms with Gasteiger partial charge in [0.2, 0.25) is 11.0 Å². The van der Waals surface area contributed by atoms with Crippen molar-refractivity contribution in [1.29, 1.82) is 0 Å². The molecule has 0 atom stereocenters. The molecule has 7 aromatic carbocycles. The molecule has 0 aromatic heterocycles. The van der Waals surface area contributed by atoms with Crippen LogP contribution in [0.1, 0.15) is 78.1 Å². The first-order valence-electron chi connectivity index (χ1n) is 19.1. The fourth-order valence-corrected chi connectivity index (χ4v) is 10.4.